The Morgan fingerprint density at radius 2 is 1.81 bits per heavy atom. The lowest BCUT2D eigenvalue weighted by Crippen LogP contribution is -2.39. The SMILES string of the molecule is COC(=O)c1cccc(NC(=O)c2cc3c4c(c2)CCC(=O)N4CCC3)c1. The van der Waals surface area contributed by atoms with Gasteiger partial charge in [0.25, 0.3) is 5.91 Å². The molecule has 4 rings (SSSR count). The van der Waals surface area contributed by atoms with Crippen molar-refractivity contribution in [3.05, 3.63) is 58.7 Å². The quantitative estimate of drug-likeness (QED) is 0.850. The van der Waals surface area contributed by atoms with Gasteiger partial charge in [0.2, 0.25) is 5.91 Å². The number of benzene rings is 2. The zero-order valence-corrected chi connectivity index (χ0v) is 15.1. The molecule has 2 aliphatic heterocycles. The van der Waals surface area contributed by atoms with Crippen LogP contribution in [0, 0.1) is 0 Å². The van der Waals surface area contributed by atoms with Gasteiger partial charge in [-0.3, -0.25) is 9.59 Å². The number of rotatable bonds is 3. The van der Waals surface area contributed by atoms with Crippen LogP contribution in [0.3, 0.4) is 0 Å². The number of esters is 1. The number of carbonyl (C=O) groups excluding carboxylic acids is 3. The van der Waals surface area contributed by atoms with Gasteiger partial charge in [-0.25, -0.2) is 4.79 Å². The van der Waals surface area contributed by atoms with Gasteiger partial charge in [0.05, 0.1) is 18.4 Å². The van der Waals surface area contributed by atoms with Crippen molar-refractivity contribution in [1.82, 2.24) is 0 Å². The van der Waals surface area contributed by atoms with Crippen LogP contribution in [0.4, 0.5) is 11.4 Å². The van der Waals surface area contributed by atoms with Crippen molar-refractivity contribution >= 4 is 29.2 Å². The van der Waals surface area contributed by atoms with E-state index in [1.807, 2.05) is 17.0 Å². The monoisotopic (exact) mass is 364 g/mol. The molecule has 0 unspecified atom stereocenters. The molecule has 2 aromatic rings. The predicted octanol–water partition coefficient (Wildman–Crippen LogP) is 2.95. The Kier molecular flexibility index (Phi) is 4.39. The van der Waals surface area contributed by atoms with Crippen molar-refractivity contribution in [1.29, 1.82) is 0 Å². The average molecular weight is 364 g/mol. The molecular weight excluding hydrogens is 344 g/mol. The molecular formula is C21H20N2O4. The molecule has 2 aromatic carbocycles. The third-order valence-corrected chi connectivity index (χ3v) is 5.08. The molecule has 1 N–H and O–H groups in total. The number of aryl methyl sites for hydroxylation is 2. The smallest absolute Gasteiger partial charge is 0.337 e. The molecule has 6 heteroatoms. The Labute approximate surface area is 157 Å². The number of anilines is 2. The van der Waals surface area contributed by atoms with Crippen molar-refractivity contribution in [2.75, 3.05) is 23.9 Å². The normalized spacial score (nSPS) is 15.1. The molecule has 0 aromatic heterocycles. The van der Waals surface area contributed by atoms with Gasteiger partial charge in [0, 0.05) is 24.2 Å². The third kappa shape index (κ3) is 3.18. The summed E-state index contributed by atoms with van der Waals surface area (Å²) in [5, 5.41) is 2.85. The van der Waals surface area contributed by atoms with E-state index in [9.17, 15) is 14.4 Å². The van der Waals surface area contributed by atoms with E-state index in [-0.39, 0.29) is 11.8 Å². The van der Waals surface area contributed by atoms with Crippen LogP contribution in [0.15, 0.2) is 36.4 Å². The Balaban J connectivity index is 1.62. The summed E-state index contributed by atoms with van der Waals surface area (Å²) in [4.78, 5) is 38.5. The van der Waals surface area contributed by atoms with Gasteiger partial charge in [-0.05, 0) is 60.7 Å². The van der Waals surface area contributed by atoms with Crippen LogP contribution >= 0.6 is 0 Å². The van der Waals surface area contributed by atoms with Crippen LogP contribution < -0.4 is 10.2 Å². The highest BCUT2D eigenvalue weighted by Gasteiger charge is 2.30. The zero-order chi connectivity index (χ0) is 19.0. The topological polar surface area (TPSA) is 75.7 Å². The Bertz CT molecular complexity index is 934. The van der Waals surface area contributed by atoms with E-state index in [0.717, 1.165) is 36.2 Å². The van der Waals surface area contributed by atoms with E-state index in [1.165, 1.54) is 7.11 Å². The van der Waals surface area contributed by atoms with Crippen molar-refractivity contribution in [2.45, 2.75) is 25.7 Å². The summed E-state index contributed by atoms with van der Waals surface area (Å²) in [5.41, 5.74) is 4.60. The van der Waals surface area contributed by atoms with Gasteiger partial charge < -0.3 is 15.0 Å². The van der Waals surface area contributed by atoms with Crippen molar-refractivity contribution in [3.8, 4) is 0 Å². The van der Waals surface area contributed by atoms with Crippen molar-refractivity contribution in [2.24, 2.45) is 0 Å². The van der Waals surface area contributed by atoms with Crippen LogP contribution in [0.2, 0.25) is 0 Å². The third-order valence-electron chi connectivity index (χ3n) is 5.08. The predicted molar refractivity (Wildman–Crippen MR) is 101 cm³/mol. The number of hydrogen-bond acceptors (Lipinski definition) is 4. The highest BCUT2D eigenvalue weighted by atomic mass is 16.5. The lowest BCUT2D eigenvalue weighted by Gasteiger charge is -2.35. The summed E-state index contributed by atoms with van der Waals surface area (Å²) in [6, 6.07) is 10.4. The maximum absolute atomic E-state index is 12.8. The molecule has 138 valence electrons. The highest BCUT2D eigenvalue weighted by Crippen LogP contribution is 2.36. The maximum atomic E-state index is 12.8. The Morgan fingerprint density at radius 3 is 2.59 bits per heavy atom. The van der Waals surface area contributed by atoms with Crippen molar-refractivity contribution in [3.63, 3.8) is 0 Å². The Hall–Kier alpha value is -3.15. The summed E-state index contributed by atoms with van der Waals surface area (Å²) >= 11 is 0. The molecule has 0 saturated carbocycles. The number of nitrogens with zero attached hydrogens (tertiary/aromatic N) is 1. The molecule has 0 fully saturated rings. The van der Waals surface area contributed by atoms with Gasteiger partial charge in [0.1, 0.15) is 0 Å². The van der Waals surface area contributed by atoms with E-state index in [0.29, 0.717) is 29.7 Å². The molecule has 2 heterocycles. The second kappa shape index (κ2) is 6.87. The van der Waals surface area contributed by atoms with E-state index in [1.54, 1.807) is 24.3 Å². The van der Waals surface area contributed by atoms with Crippen LogP contribution in [0.1, 0.15) is 44.7 Å². The maximum Gasteiger partial charge on any atom is 0.337 e. The lowest BCUT2D eigenvalue weighted by molar-refractivity contribution is -0.119. The molecule has 0 bridgehead atoms. The zero-order valence-electron chi connectivity index (χ0n) is 15.1. The molecule has 2 aliphatic rings. The molecule has 0 radical (unpaired) electrons. The fourth-order valence-corrected chi connectivity index (χ4v) is 3.83. The second-order valence-electron chi connectivity index (χ2n) is 6.82. The number of carbonyl (C=O) groups is 3. The largest absolute Gasteiger partial charge is 0.465 e. The number of methoxy groups -OCH3 is 1. The van der Waals surface area contributed by atoms with E-state index < -0.39 is 5.97 Å². The minimum atomic E-state index is -0.450. The summed E-state index contributed by atoms with van der Waals surface area (Å²) in [5.74, 6) is -0.514. The van der Waals surface area contributed by atoms with Gasteiger partial charge >= 0.3 is 5.97 Å². The molecule has 6 nitrogen and oxygen atoms in total. The first-order valence-electron chi connectivity index (χ1n) is 9.02. The van der Waals surface area contributed by atoms with E-state index >= 15 is 0 Å². The summed E-state index contributed by atoms with van der Waals surface area (Å²) in [6.45, 7) is 0.755. The van der Waals surface area contributed by atoms with Crippen LogP contribution in [-0.4, -0.2) is 31.4 Å². The number of hydrogen-bond donors (Lipinski definition) is 1. The van der Waals surface area contributed by atoms with Gasteiger partial charge in [-0.1, -0.05) is 6.07 Å². The molecule has 0 atom stereocenters. The van der Waals surface area contributed by atoms with Crippen LogP contribution in [-0.2, 0) is 22.4 Å². The van der Waals surface area contributed by atoms with Crippen molar-refractivity contribution < 1.29 is 19.1 Å². The highest BCUT2D eigenvalue weighted by molar-refractivity contribution is 6.06. The average Bonchev–Trinajstić information content (AvgIpc) is 2.70. The minimum absolute atomic E-state index is 0.167. The van der Waals surface area contributed by atoms with Crippen LogP contribution in [0.25, 0.3) is 0 Å². The second-order valence-corrected chi connectivity index (χ2v) is 6.82. The van der Waals surface area contributed by atoms with Gasteiger partial charge in [-0.2, -0.15) is 0 Å². The minimum Gasteiger partial charge on any atom is -0.465 e. The number of amides is 2. The summed E-state index contributed by atoms with van der Waals surface area (Å²) in [6.07, 6.45) is 2.92. The standard InChI is InChI=1S/C21H20N2O4/c1-27-21(26)15-4-2-6-17(12-15)22-20(25)16-10-13-5-3-9-23-18(24)8-7-14(11-16)19(13)23/h2,4,6,10-12H,3,5,7-9H2,1H3,(H,22,25). The van der Waals surface area contributed by atoms with Gasteiger partial charge in [-0.15, -0.1) is 0 Å². The number of ether oxygens (including phenoxy) is 1. The summed E-state index contributed by atoms with van der Waals surface area (Å²) in [7, 11) is 1.32. The first-order chi connectivity index (χ1) is 13.1. The molecule has 27 heavy (non-hydrogen) atoms. The van der Waals surface area contributed by atoms with E-state index in [2.05, 4.69) is 5.32 Å². The molecule has 0 saturated heterocycles. The first-order valence-corrected chi connectivity index (χ1v) is 9.02. The van der Waals surface area contributed by atoms with E-state index in [4.69, 9.17) is 4.74 Å². The van der Waals surface area contributed by atoms with Crippen LogP contribution in [0.5, 0.6) is 0 Å². The molecule has 0 spiro atoms. The number of nitrogens with one attached hydrogen (secondary N) is 1. The lowest BCUT2D eigenvalue weighted by atomic mass is 9.89. The first kappa shape index (κ1) is 17.3. The fraction of sp³-hybridized carbons (Fsp3) is 0.286. The Morgan fingerprint density at radius 1 is 1.04 bits per heavy atom. The molecule has 0 aliphatic carbocycles. The summed E-state index contributed by atoms with van der Waals surface area (Å²) < 4.78 is 4.71. The van der Waals surface area contributed by atoms with Gasteiger partial charge in [0.15, 0.2) is 0 Å². The fourth-order valence-electron chi connectivity index (χ4n) is 3.83. The molecule has 2 amide bonds.